The summed E-state index contributed by atoms with van der Waals surface area (Å²) in [5, 5.41) is 10.6. The predicted molar refractivity (Wildman–Crippen MR) is 87.3 cm³/mol. The number of halogens is 1. The lowest BCUT2D eigenvalue weighted by atomic mass is 10.1. The van der Waals surface area contributed by atoms with E-state index >= 15 is 0 Å². The van der Waals surface area contributed by atoms with Crippen molar-refractivity contribution in [1.29, 1.82) is 0 Å². The summed E-state index contributed by atoms with van der Waals surface area (Å²) in [6.07, 6.45) is 4.47. The molecule has 20 heavy (non-hydrogen) atoms. The van der Waals surface area contributed by atoms with Crippen LogP contribution in [0.1, 0.15) is 39.7 Å². The molecule has 0 saturated carbocycles. The number of aliphatic hydroxyl groups is 1. The monoisotopic (exact) mass is 276 g/mol. The van der Waals surface area contributed by atoms with Crippen molar-refractivity contribution >= 4 is 16.8 Å². The smallest absolute Gasteiger partial charge is 0.123 e. The van der Waals surface area contributed by atoms with E-state index in [0.717, 1.165) is 16.3 Å². The molecular formula is C18H25FO. The molecule has 2 rings (SSSR count). The zero-order valence-corrected chi connectivity index (χ0v) is 12.9. The van der Waals surface area contributed by atoms with Crippen LogP contribution in [0.2, 0.25) is 0 Å². The summed E-state index contributed by atoms with van der Waals surface area (Å²) in [5.74, 6) is -0.219. The third-order valence-corrected chi connectivity index (χ3v) is 2.43. The Kier molecular flexibility index (Phi) is 10.2. The summed E-state index contributed by atoms with van der Waals surface area (Å²) < 4.78 is 13.0. The highest BCUT2D eigenvalue weighted by molar-refractivity contribution is 5.84. The first-order valence-electron chi connectivity index (χ1n) is 7.26. The number of rotatable bonds is 3. The maximum absolute atomic E-state index is 13.0. The first kappa shape index (κ1) is 18.3. The normalized spacial score (nSPS) is 9.70. The van der Waals surface area contributed by atoms with Crippen LogP contribution in [0.5, 0.6) is 0 Å². The summed E-state index contributed by atoms with van der Waals surface area (Å²) in [4.78, 5) is 0. The largest absolute Gasteiger partial charge is 0.396 e. The van der Waals surface area contributed by atoms with Crippen molar-refractivity contribution in [2.45, 2.75) is 34.1 Å². The Labute approximate surface area is 121 Å². The molecule has 0 aliphatic heterocycles. The van der Waals surface area contributed by atoms with E-state index in [1.807, 2.05) is 58.0 Å². The van der Waals surface area contributed by atoms with Crippen molar-refractivity contribution in [2.75, 3.05) is 6.61 Å². The van der Waals surface area contributed by atoms with Gasteiger partial charge in [0.2, 0.25) is 0 Å². The van der Waals surface area contributed by atoms with Crippen molar-refractivity contribution < 1.29 is 9.50 Å². The van der Waals surface area contributed by atoms with Gasteiger partial charge in [0.05, 0.1) is 0 Å². The second kappa shape index (κ2) is 11.2. The molecule has 0 bridgehead atoms. The van der Waals surface area contributed by atoms with Gasteiger partial charge >= 0.3 is 0 Å². The van der Waals surface area contributed by atoms with Crippen LogP contribution >= 0.6 is 0 Å². The molecule has 2 heteroatoms. The average molecular weight is 276 g/mol. The van der Waals surface area contributed by atoms with Gasteiger partial charge < -0.3 is 5.11 Å². The predicted octanol–water partition coefficient (Wildman–Crippen LogP) is 5.43. The molecule has 110 valence electrons. The molecule has 0 aromatic heterocycles. The van der Waals surface area contributed by atoms with Crippen molar-refractivity contribution in [3.05, 3.63) is 53.9 Å². The minimum Gasteiger partial charge on any atom is -0.396 e. The van der Waals surface area contributed by atoms with Crippen LogP contribution in [0.3, 0.4) is 0 Å². The van der Waals surface area contributed by atoms with Crippen LogP contribution in [-0.4, -0.2) is 11.7 Å². The Balaban J connectivity index is 0.000000829. The fraction of sp³-hybridized carbons (Fsp3) is 0.333. The third-order valence-electron chi connectivity index (χ3n) is 2.43. The van der Waals surface area contributed by atoms with Gasteiger partial charge in [0.25, 0.3) is 0 Å². The average Bonchev–Trinajstić information content (AvgIpc) is 2.51. The standard InChI is InChI=1S/C14H13FO.2C2H6/c15-14-7-6-12-5-4-11(3-1-2-8-16)9-13(12)10-14;2*1-2/h1,3-7,9-10,16H,2,8H2;2*1-2H3/b3-1+;;. The van der Waals surface area contributed by atoms with Crippen LogP contribution in [0, 0.1) is 5.82 Å². The molecule has 0 heterocycles. The molecule has 1 nitrogen and oxygen atoms in total. The SMILES string of the molecule is CC.CC.OCC/C=C/c1ccc2ccc(F)cc2c1. The van der Waals surface area contributed by atoms with Crippen molar-refractivity contribution in [3.63, 3.8) is 0 Å². The van der Waals surface area contributed by atoms with Gasteiger partial charge in [0.15, 0.2) is 0 Å². The summed E-state index contributed by atoms with van der Waals surface area (Å²) >= 11 is 0. The minimum atomic E-state index is -0.219. The lowest BCUT2D eigenvalue weighted by Gasteiger charge is -1.99. The van der Waals surface area contributed by atoms with Gasteiger partial charge in [-0.25, -0.2) is 4.39 Å². The molecule has 0 fully saturated rings. The van der Waals surface area contributed by atoms with Crippen molar-refractivity contribution in [2.24, 2.45) is 0 Å². The highest BCUT2D eigenvalue weighted by Gasteiger charge is 1.96. The van der Waals surface area contributed by atoms with E-state index in [4.69, 9.17) is 5.11 Å². The van der Waals surface area contributed by atoms with Gasteiger partial charge in [-0.05, 0) is 41.0 Å². The third kappa shape index (κ3) is 5.98. The number of fused-ring (bicyclic) bond motifs is 1. The number of aliphatic hydroxyl groups excluding tert-OH is 1. The highest BCUT2D eigenvalue weighted by atomic mass is 19.1. The first-order chi connectivity index (χ1) is 9.79. The zero-order chi connectivity index (χ0) is 15.4. The molecule has 0 spiro atoms. The van der Waals surface area contributed by atoms with Crippen LogP contribution in [-0.2, 0) is 0 Å². The van der Waals surface area contributed by atoms with Gasteiger partial charge in [0, 0.05) is 6.61 Å². The second-order valence-electron chi connectivity index (χ2n) is 3.67. The molecule has 0 radical (unpaired) electrons. The number of hydrogen-bond donors (Lipinski definition) is 1. The van der Waals surface area contributed by atoms with Crippen molar-refractivity contribution in [3.8, 4) is 0 Å². The summed E-state index contributed by atoms with van der Waals surface area (Å²) in [7, 11) is 0. The van der Waals surface area contributed by atoms with Gasteiger partial charge in [-0.15, -0.1) is 0 Å². The second-order valence-corrected chi connectivity index (χ2v) is 3.67. The van der Waals surface area contributed by atoms with E-state index < -0.39 is 0 Å². The minimum absolute atomic E-state index is 0.151. The van der Waals surface area contributed by atoms with E-state index in [9.17, 15) is 4.39 Å². The summed E-state index contributed by atoms with van der Waals surface area (Å²) in [6.45, 7) is 8.15. The Morgan fingerprint density at radius 1 is 0.950 bits per heavy atom. The Morgan fingerprint density at radius 2 is 1.60 bits per heavy atom. The van der Waals surface area contributed by atoms with E-state index in [1.54, 1.807) is 6.07 Å². The molecule has 2 aromatic carbocycles. The van der Waals surface area contributed by atoms with E-state index in [-0.39, 0.29) is 12.4 Å². The molecule has 0 aliphatic carbocycles. The fourth-order valence-corrected chi connectivity index (χ4v) is 1.63. The Hall–Kier alpha value is -1.67. The van der Waals surface area contributed by atoms with E-state index in [2.05, 4.69) is 0 Å². The Morgan fingerprint density at radius 3 is 2.25 bits per heavy atom. The zero-order valence-electron chi connectivity index (χ0n) is 12.9. The van der Waals surface area contributed by atoms with Crippen LogP contribution in [0.15, 0.2) is 42.5 Å². The van der Waals surface area contributed by atoms with E-state index in [0.29, 0.717) is 6.42 Å². The lowest BCUT2D eigenvalue weighted by Crippen LogP contribution is -1.79. The lowest BCUT2D eigenvalue weighted by molar-refractivity contribution is 0.303. The van der Waals surface area contributed by atoms with Gasteiger partial charge in [-0.3, -0.25) is 0 Å². The molecule has 0 saturated heterocycles. The summed E-state index contributed by atoms with van der Waals surface area (Å²) in [6, 6.07) is 10.6. The molecule has 0 aliphatic rings. The van der Waals surface area contributed by atoms with Crippen LogP contribution in [0.4, 0.5) is 4.39 Å². The van der Waals surface area contributed by atoms with E-state index in [1.165, 1.54) is 12.1 Å². The number of benzene rings is 2. The fourth-order valence-electron chi connectivity index (χ4n) is 1.63. The number of hydrogen-bond acceptors (Lipinski definition) is 1. The van der Waals surface area contributed by atoms with Crippen LogP contribution < -0.4 is 0 Å². The molecular weight excluding hydrogens is 251 g/mol. The van der Waals surface area contributed by atoms with Crippen LogP contribution in [0.25, 0.3) is 16.8 Å². The molecule has 0 atom stereocenters. The van der Waals surface area contributed by atoms with Gasteiger partial charge in [0.1, 0.15) is 5.82 Å². The van der Waals surface area contributed by atoms with Gasteiger partial charge in [-0.1, -0.05) is 58.0 Å². The summed E-state index contributed by atoms with van der Waals surface area (Å²) in [5.41, 5.74) is 1.02. The Bertz CT molecular complexity index is 518. The molecule has 2 aromatic rings. The highest BCUT2D eigenvalue weighted by Crippen LogP contribution is 2.18. The first-order valence-corrected chi connectivity index (χ1v) is 7.26. The van der Waals surface area contributed by atoms with Crippen molar-refractivity contribution in [1.82, 2.24) is 0 Å². The maximum Gasteiger partial charge on any atom is 0.123 e. The quantitative estimate of drug-likeness (QED) is 0.792. The topological polar surface area (TPSA) is 20.2 Å². The maximum atomic E-state index is 13.0. The molecule has 1 N–H and O–H groups in total. The van der Waals surface area contributed by atoms with Gasteiger partial charge in [-0.2, -0.15) is 0 Å². The molecule has 0 amide bonds. The molecule has 0 unspecified atom stereocenters.